The maximum atomic E-state index is 11.6. The molecule has 0 aliphatic heterocycles. The van der Waals surface area contributed by atoms with Crippen molar-refractivity contribution in [3.8, 4) is 0 Å². The molecule has 1 aromatic heterocycles. The number of hydrogen-bond donors (Lipinski definition) is 1. The first-order valence-corrected chi connectivity index (χ1v) is 7.08. The van der Waals surface area contributed by atoms with Crippen LogP contribution in [0.1, 0.15) is 5.56 Å². The van der Waals surface area contributed by atoms with Crippen LogP contribution in [0.3, 0.4) is 0 Å². The van der Waals surface area contributed by atoms with Crippen LogP contribution >= 0.6 is 23.4 Å². The fourth-order valence-electron chi connectivity index (χ4n) is 1.28. The van der Waals surface area contributed by atoms with Gasteiger partial charge < -0.3 is 0 Å². The first-order valence-electron chi connectivity index (χ1n) is 5.72. The molecule has 102 valence electrons. The van der Waals surface area contributed by atoms with E-state index < -0.39 is 0 Å². The third-order valence-corrected chi connectivity index (χ3v) is 3.39. The second-order valence-electron chi connectivity index (χ2n) is 3.63. The highest BCUT2D eigenvalue weighted by Crippen LogP contribution is 2.12. The Balaban J connectivity index is 1.79. The van der Waals surface area contributed by atoms with Gasteiger partial charge in [-0.15, -0.1) is 0 Å². The standard InChI is InChI=1S/C13H11ClN4OS/c14-11-5-2-1-4-10(11)8-17-18-12(19)9-20-13-15-6-3-7-16-13/h1-8H,9H2,(H,18,19)/b17-8+. The van der Waals surface area contributed by atoms with Crippen LogP contribution in [-0.4, -0.2) is 27.8 Å². The summed E-state index contributed by atoms with van der Waals surface area (Å²) in [5.41, 5.74) is 3.17. The maximum absolute atomic E-state index is 11.6. The van der Waals surface area contributed by atoms with Crippen molar-refractivity contribution < 1.29 is 4.79 Å². The lowest BCUT2D eigenvalue weighted by Crippen LogP contribution is -2.19. The van der Waals surface area contributed by atoms with Crippen LogP contribution in [-0.2, 0) is 4.79 Å². The Morgan fingerprint density at radius 3 is 2.80 bits per heavy atom. The highest BCUT2D eigenvalue weighted by molar-refractivity contribution is 7.99. The molecule has 20 heavy (non-hydrogen) atoms. The third kappa shape index (κ3) is 4.64. The maximum Gasteiger partial charge on any atom is 0.250 e. The predicted octanol–water partition coefficient (Wildman–Crippen LogP) is 2.37. The topological polar surface area (TPSA) is 67.2 Å². The second kappa shape index (κ2) is 7.62. The van der Waals surface area contributed by atoms with Gasteiger partial charge in [-0.1, -0.05) is 41.6 Å². The van der Waals surface area contributed by atoms with Crippen molar-refractivity contribution >= 4 is 35.5 Å². The van der Waals surface area contributed by atoms with Crippen LogP contribution in [0.5, 0.6) is 0 Å². The number of rotatable bonds is 5. The molecule has 0 fully saturated rings. The largest absolute Gasteiger partial charge is 0.272 e. The molecule has 1 aromatic carbocycles. The van der Waals surface area contributed by atoms with Crippen LogP contribution in [0.25, 0.3) is 0 Å². The summed E-state index contributed by atoms with van der Waals surface area (Å²) in [6, 6.07) is 8.96. The number of amides is 1. The molecule has 0 saturated carbocycles. The van der Waals surface area contributed by atoms with Crippen molar-refractivity contribution in [2.24, 2.45) is 5.10 Å². The number of thioether (sulfide) groups is 1. The molecule has 0 radical (unpaired) electrons. The molecule has 0 spiro atoms. The Bertz CT molecular complexity index is 606. The Kier molecular flexibility index (Phi) is 5.52. The summed E-state index contributed by atoms with van der Waals surface area (Å²) in [5.74, 6) is -0.0325. The van der Waals surface area contributed by atoms with Gasteiger partial charge in [0.1, 0.15) is 0 Å². The molecule has 0 bridgehead atoms. The van der Waals surface area contributed by atoms with Gasteiger partial charge in [0.15, 0.2) is 5.16 Å². The second-order valence-corrected chi connectivity index (χ2v) is 4.98. The lowest BCUT2D eigenvalue weighted by molar-refractivity contribution is -0.118. The zero-order chi connectivity index (χ0) is 14.2. The van der Waals surface area contributed by atoms with Crippen molar-refractivity contribution in [1.29, 1.82) is 0 Å². The first kappa shape index (κ1) is 14.5. The smallest absolute Gasteiger partial charge is 0.250 e. The lowest BCUT2D eigenvalue weighted by atomic mass is 10.2. The van der Waals surface area contributed by atoms with Gasteiger partial charge in [0.2, 0.25) is 0 Å². The van der Waals surface area contributed by atoms with E-state index in [4.69, 9.17) is 11.6 Å². The molecule has 0 aliphatic rings. The number of benzene rings is 1. The summed E-state index contributed by atoms with van der Waals surface area (Å²) >= 11 is 7.20. The fourth-order valence-corrected chi connectivity index (χ4v) is 2.06. The minimum Gasteiger partial charge on any atom is -0.272 e. The van der Waals surface area contributed by atoms with Crippen molar-refractivity contribution in [2.45, 2.75) is 5.16 Å². The number of aromatic nitrogens is 2. The normalized spacial score (nSPS) is 10.7. The lowest BCUT2D eigenvalue weighted by Gasteiger charge is -1.99. The van der Waals surface area contributed by atoms with Crippen LogP contribution in [0.4, 0.5) is 0 Å². The minimum absolute atomic E-state index is 0.198. The van der Waals surface area contributed by atoms with Crippen LogP contribution in [0.15, 0.2) is 53.0 Å². The quantitative estimate of drug-likeness (QED) is 0.398. The van der Waals surface area contributed by atoms with Gasteiger partial charge in [-0.2, -0.15) is 5.10 Å². The van der Waals surface area contributed by atoms with E-state index in [1.165, 1.54) is 18.0 Å². The molecule has 7 heteroatoms. The van der Waals surface area contributed by atoms with E-state index in [1.807, 2.05) is 18.2 Å². The predicted molar refractivity (Wildman–Crippen MR) is 79.9 cm³/mol. The van der Waals surface area contributed by atoms with E-state index in [-0.39, 0.29) is 11.7 Å². The summed E-state index contributed by atoms with van der Waals surface area (Å²) in [5, 5.41) is 4.99. The number of nitrogens with zero attached hydrogens (tertiary/aromatic N) is 3. The van der Waals surface area contributed by atoms with E-state index >= 15 is 0 Å². The average Bonchev–Trinajstić information content (AvgIpc) is 2.48. The zero-order valence-corrected chi connectivity index (χ0v) is 11.9. The SMILES string of the molecule is O=C(CSc1ncccn1)N/N=C/c1ccccc1Cl. The average molecular weight is 307 g/mol. The molecule has 2 rings (SSSR count). The Hall–Kier alpha value is -1.92. The molecule has 1 amide bonds. The first-order chi connectivity index (χ1) is 9.75. The number of hydrogen-bond acceptors (Lipinski definition) is 5. The zero-order valence-electron chi connectivity index (χ0n) is 10.4. The van der Waals surface area contributed by atoms with Crippen LogP contribution in [0, 0.1) is 0 Å². The van der Waals surface area contributed by atoms with Crippen LogP contribution in [0.2, 0.25) is 5.02 Å². The Labute approximate surface area is 125 Å². The summed E-state index contributed by atoms with van der Waals surface area (Å²) in [6.07, 6.45) is 4.76. The van der Waals surface area contributed by atoms with Gasteiger partial charge in [0.25, 0.3) is 5.91 Å². The molecule has 0 saturated heterocycles. The summed E-state index contributed by atoms with van der Waals surface area (Å²) in [6.45, 7) is 0. The highest BCUT2D eigenvalue weighted by atomic mass is 35.5. The molecule has 0 aliphatic carbocycles. The van der Waals surface area contributed by atoms with Crippen molar-refractivity contribution in [3.05, 3.63) is 53.3 Å². The molecular formula is C13H11ClN4OS. The summed E-state index contributed by atoms with van der Waals surface area (Å²) < 4.78 is 0. The number of carbonyl (C=O) groups excluding carboxylic acids is 1. The summed E-state index contributed by atoms with van der Waals surface area (Å²) in [4.78, 5) is 19.6. The summed E-state index contributed by atoms with van der Waals surface area (Å²) in [7, 11) is 0. The fraction of sp³-hybridized carbons (Fsp3) is 0.0769. The molecule has 0 unspecified atom stereocenters. The minimum atomic E-state index is -0.231. The molecule has 2 aromatic rings. The van der Waals surface area contributed by atoms with Gasteiger partial charge in [-0.25, -0.2) is 15.4 Å². The number of halogens is 1. The van der Waals surface area contributed by atoms with E-state index in [9.17, 15) is 4.79 Å². The van der Waals surface area contributed by atoms with Gasteiger partial charge in [0.05, 0.1) is 12.0 Å². The number of nitrogens with one attached hydrogen (secondary N) is 1. The van der Waals surface area contributed by atoms with E-state index in [2.05, 4.69) is 20.5 Å². The third-order valence-electron chi connectivity index (χ3n) is 2.17. The van der Waals surface area contributed by atoms with Gasteiger partial charge in [-0.3, -0.25) is 4.79 Å². The molecular weight excluding hydrogens is 296 g/mol. The van der Waals surface area contributed by atoms with E-state index in [1.54, 1.807) is 24.5 Å². The number of carbonyl (C=O) groups is 1. The number of hydrazone groups is 1. The van der Waals surface area contributed by atoms with Crippen molar-refractivity contribution in [3.63, 3.8) is 0 Å². The van der Waals surface area contributed by atoms with Gasteiger partial charge in [-0.05, 0) is 12.1 Å². The Morgan fingerprint density at radius 1 is 1.30 bits per heavy atom. The molecule has 1 heterocycles. The van der Waals surface area contributed by atoms with E-state index in [0.29, 0.717) is 10.2 Å². The highest BCUT2D eigenvalue weighted by Gasteiger charge is 2.03. The van der Waals surface area contributed by atoms with Crippen LogP contribution < -0.4 is 5.43 Å². The molecule has 0 atom stereocenters. The van der Waals surface area contributed by atoms with Crippen molar-refractivity contribution in [1.82, 2.24) is 15.4 Å². The van der Waals surface area contributed by atoms with Crippen molar-refractivity contribution in [2.75, 3.05) is 5.75 Å². The molecule has 1 N–H and O–H groups in total. The monoisotopic (exact) mass is 306 g/mol. The van der Waals surface area contributed by atoms with Gasteiger partial charge in [0, 0.05) is 23.0 Å². The van der Waals surface area contributed by atoms with E-state index in [0.717, 1.165) is 5.56 Å². The molecule has 5 nitrogen and oxygen atoms in total. The Morgan fingerprint density at radius 2 is 2.05 bits per heavy atom. The van der Waals surface area contributed by atoms with Gasteiger partial charge >= 0.3 is 0 Å².